The van der Waals surface area contributed by atoms with Crippen molar-refractivity contribution in [1.82, 2.24) is 14.8 Å². The number of aromatic nitrogens is 1. The number of rotatable bonds is 6. The Labute approximate surface area is 217 Å². The zero-order valence-electron chi connectivity index (χ0n) is 20.8. The van der Waals surface area contributed by atoms with Crippen molar-refractivity contribution in [2.75, 3.05) is 19.6 Å². The van der Waals surface area contributed by atoms with E-state index in [1.54, 1.807) is 6.20 Å². The summed E-state index contributed by atoms with van der Waals surface area (Å²) >= 11 is 0. The summed E-state index contributed by atoms with van der Waals surface area (Å²) in [6.45, 7) is 2.21. The molecule has 186 valence electrons. The van der Waals surface area contributed by atoms with E-state index < -0.39 is 5.54 Å². The van der Waals surface area contributed by atoms with Crippen molar-refractivity contribution < 1.29 is 9.59 Å². The predicted molar refractivity (Wildman–Crippen MR) is 143 cm³/mol. The molecule has 37 heavy (non-hydrogen) atoms. The molecule has 7 rings (SSSR count). The highest BCUT2D eigenvalue weighted by atomic mass is 16.2. The van der Waals surface area contributed by atoms with Gasteiger partial charge in [0.2, 0.25) is 5.91 Å². The number of pyridine rings is 1. The Balaban J connectivity index is 1.08. The minimum Gasteiger partial charge on any atom is -0.342 e. The molecular weight excluding hydrogens is 460 g/mol. The van der Waals surface area contributed by atoms with Gasteiger partial charge in [-0.1, -0.05) is 54.6 Å². The lowest BCUT2D eigenvalue weighted by atomic mass is 10.00. The van der Waals surface area contributed by atoms with Gasteiger partial charge < -0.3 is 4.90 Å². The molecule has 2 aliphatic carbocycles. The summed E-state index contributed by atoms with van der Waals surface area (Å²) in [6.07, 6.45) is 8.36. The normalized spacial score (nSPS) is 22.0. The van der Waals surface area contributed by atoms with E-state index in [0.29, 0.717) is 18.4 Å². The van der Waals surface area contributed by atoms with Gasteiger partial charge in [-0.25, -0.2) is 0 Å². The number of amides is 2. The molecule has 0 unspecified atom stereocenters. The van der Waals surface area contributed by atoms with Crippen LogP contribution in [0.15, 0.2) is 78.0 Å². The maximum Gasteiger partial charge on any atom is 0.256 e. The van der Waals surface area contributed by atoms with Crippen molar-refractivity contribution in [1.29, 1.82) is 0 Å². The van der Waals surface area contributed by atoms with E-state index in [9.17, 15) is 9.59 Å². The second kappa shape index (κ2) is 8.65. The van der Waals surface area contributed by atoms with Gasteiger partial charge in [-0.2, -0.15) is 0 Å². The molecule has 3 heterocycles. The van der Waals surface area contributed by atoms with Crippen LogP contribution in [0, 0.1) is 11.8 Å². The molecule has 2 saturated carbocycles. The third kappa shape index (κ3) is 4.14. The van der Waals surface area contributed by atoms with Crippen molar-refractivity contribution >= 4 is 17.6 Å². The van der Waals surface area contributed by atoms with Gasteiger partial charge in [0.25, 0.3) is 5.91 Å². The standard InChI is InChI=1S/C31H30N4O2/c36-29(26-11-12-26)34-17-13-21(19-34)20-35-28(33-31(14-15-31)30(35)37)25-9-7-23(8-10-25)22-3-5-24(6-4-22)27-2-1-16-32-18-27/h1-10,16,18,21,26H,11-15,17,19-20H2/t21-/m1/s1. The third-order valence-corrected chi connectivity index (χ3v) is 8.26. The monoisotopic (exact) mass is 490 g/mol. The van der Waals surface area contributed by atoms with E-state index in [2.05, 4.69) is 59.6 Å². The molecule has 0 radical (unpaired) electrons. The Morgan fingerprint density at radius 2 is 1.51 bits per heavy atom. The number of carbonyl (C=O) groups is 2. The van der Waals surface area contributed by atoms with E-state index in [1.165, 1.54) is 0 Å². The summed E-state index contributed by atoms with van der Waals surface area (Å²) in [5, 5.41) is 0. The van der Waals surface area contributed by atoms with Crippen LogP contribution in [0.1, 0.15) is 37.7 Å². The van der Waals surface area contributed by atoms with Crippen molar-refractivity contribution in [3.63, 3.8) is 0 Å². The van der Waals surface area contributed by atoms with Crippen LogP contribution in [0.4, 0.5) is 0 Å². The molecule has 1 spiro atoms. The predicted octanol–water partition coefficient (Wildman–Crippen LogP) is 4.80. The lowest BCUT2D eigenvalue weighted by Gasteiger charge is -2.23. The van der Waals surface area contributed by atoms with Crippen molar-refractivity contribution in [2.24, 2.45) is 16.8 Å². The molecule has 3 aromatic rings. The molecule has 2 aliphatic heterocycles. The molecule has 6 heteroatoms. The van der Waals surface area contributed by atoms with Crippen LogP contribution in [-0.4, -0.2) is 57.6 Å². The van der Waals surface area contributed by atoms with E-state index in [1.807, 2.05) is 22.1 Å². The Morgan fingerprint density at radius 1 is 0.865 bits per heavy atom. The van der Waals surface area contributed by atoms with E-state index >= 15 is 0 Å². The molecule has 2 aromatic carbocycles. The molecule has 1 atom stereocenters. The second-order valence-electron chi connectivity index (χ2n) is 11.0. The topological polar surface area (TPSA) is 65.9 Å². The molecule has 2 amide bonds. The highest BCUT2D eigenvalue weighted by Crippen LogP contribution is 2.46. The van der Waals surface area contributed by atoms with Crippen LogP contribution >= 0.6 is 0 Å². The number of amidine groups is 1. The number of carbonyl (C=O) groups excluding carboxylic acids is 2. The molecular formula is C31H30N4O2. The zero-order chi connectivity index (χ0) is 25.0. The first-order valence-electron chi connectivity index (χ1n) is 13.4. The van der Waals surface area contributed by atoms with Gasteiger partial charge in [-0.15, -0.1) is 0 Å². The summed E-state index contributed by atoms with van der Waals surface area (Å²) in [6, 6.07) is 20.9. The Morgan fingerprint density at radius 3 is 2.11 bits per heavy atom. The maximum absolute atomic E-state index is 13.4. The van der Waals surface area contributed by atoms with Gasteiger partial charge in [0.15, 0.2) is 0 Å². The van der Waals surface area contributed by atoms with E-state index in [-0.39, 0.29) is 11.8 Å². The smallest absolute Gasteiger partial charge is 0.256 e. The molecule has 6 nitrogen and oxygen atoms in total. The molecule has 1 aromatic heterocycles. The van der Waals surface area contributed by atoms with Crippen LogP contribution < -0.4 is 0 Å². The molecule has 4 aliphatic rings. The molecule has 3 fully saturated rings. The zero-order valence-corrected chi connectivity index (χ0v) is 20.8. The molecule has 0 bridgehead atoms. The summed E-state index contributed by atoms with van der Waals surface area (Å²) in [5.74, 6) is 1.82. The number of likely N-dealkylation sites (tertiary alicyclic amines) is 1. The van der Waals surface area contributed by atoms with Crippen LogP contribution in [0.25, 0.3) is 22.3 Å². The van der Waals surface area contributed by atoms with Gasteiger partial charge in [0.1, 0.15) is 11.4 Å². The highest BCUT2D eigenvalue weighted by molar-refractivity contribution is 6.16. The molecule has 1 saturated heterocycles. The van der Waals surface area contributed by atoms with Gasteiger partial charge in [0, 0.05) is 43.5 Å². The van der Waals surface area contributed by atoms with Crippen LogP contribution in [0.2, 0.25) is 0 Å². The number of nitrogens with zero attached hydrogens (tertiary/aromatic N) is 4. The lowest BCUT2D eigenvalue weighted by molar-refractivity contribution is -0.131. The van der Waals surface area contributed by atoms with E-state index in [4.69, 9.17) is 4.99 Å². The lowest BCUT2D eigenvalue weighted by Crippen LogP contribution is -2.40. The Kier molecular flexibility index (Phi) is 5.24. The van der Waals surface area contributed by atoms with Crippen LogP contribution in [0.3, 0.4) is 0 Å². The number of benzene rings is 2. The number of hydrogen-bond acceptors (Lipinski definition) is 4. The van der Waals surface area contributed by atoms with Gasteiger partial charge in [-0.3, -0.25) is 24.5 Å². The van der Waals surface area contributed by atoms with Crippen molar-refractivity contribution in [3.8, 4) is 22.3 Å². The largest absolute Gasteiger partial charge is 0.342 e. The summed E-state index contributed by atoms with van der Waals surface area (Å²) in [5.41, 5.74) is 4.97. The second-order valence-corrected chi connectivity index (χ2v) is 11.0. The van der Waals surface area contributed by atoms with Crippen LogP contribution in [-0.2, 0) is 9.59 Å². The minimum atomic E-state index is -0.530. The first kappa shape index (κ1) is 22.4. The van der Waals surface area contributed by atoms with Crippen molar-refractivity contribution in [2.45, 2.75) is 37.6 Å². The van der Waals surface area contributed by atoms with Crippen molar-refractivity contribution in [3.05, 3.63) is 78.6 Å². The number of aliphatic imine (C=N–C) groups is 1. The average molecular weight is 491 g/mol. The minimum absolute atomic E-state index is 0.143. The summed E-state index contributed by atoms with van der Waals surface area (Å²) < 4.78 is 0. The van der Waals surface area contributed by atoms with Gasteiger partial charge >= 0.3 is 0 Å². The first-order chi connectivity index (χ1) is 18.1. The fourth-order valence-electron chi connectivity index (χ4n) is 5.72. The van der Waals surface area contributed by atoms with Crippen LogP contribution in [0.5, 0.6) is 0 Å². The fourth-order valence-corrected chi connectivity index (χ4v) is 5.72. The quantitative estimate of drug-likeness (QED) is 0.499. The average Bonchev–Trinajstić information content (AvgIpc) is 3.87. The first-order valence-corrected chi connectivity index (χ1v) is 13.4. The van der Waals surface area contributed by atoms with E-state index in [0.717, 1.165) is 78.8 Å². The highest BCUT2D eigenvalue weighted by Gasteiger charge is 2.57. The SMILES string of the molecule is O=C(C1CC1)N1CC[C@@H](CN2C(=O)C3(CC3)N=C2c2ccc(-c3ccc(-c4cccnc4)cc3)cc2)C1. The Hall–Kier alpha value is -3.80. The summed E-state index contributed by atoms with van der Waals surface area (Å²) in [7, 11) is 0. The summed E-state index contributed by atoms with van der Waals surface area (Å²) in [4.78, 5) is 39.0. The van der Waals surface area contributed by atoms with Gasteiger partial charge in [-0.05, 0) is 66.3 Å². The fraction of sp³-hybridized carbons (Fsp3) is 0.355. The number of hydrogen-bond donors (Lipinski definition) is 0. The molecule has 0 N–H and O–H groups in total. The Bertz CT molecular complexity index is 1370. The maximum atomic E-state index is 13.4. The van der Waals surface area contributed by atoms with Gasteiger partial charge in [0.05, 0.1) is 0 Å². The third-order valence-electron chi connectivity index (χ3n) is 8.26.